The van der Waals surface area contributed by atoms with Crippen LogP contribution in [0.4, 0.5) is 5.69 Å². The number of aromatic nitrogens is 3. The molecule has 1 heterocycles. The van der Waals surface area contributed by atoms with E-state index in [2.05, 4.69) is 20.5 Å². The van der Waals surface area contributed by atoms with Crippen molar-refractivity contribution in [3.05, 3.63) is 46.1 Å². The molecule has 0 unspecified atom stereocenters. The summed E-state index contributed by atoms with van der Waals surface area (Å²) in [5.74, 6) is 0.598. The minimum atomic E-state index is -0.282. The number of hydrogen-bond donors (Lipinski definition) is 3. The summed E-state index contributed by atoms with van der Waals surface area (Å²) in [5, 5.41) is 9.25. The highest BCUT2D eigenvalue weighted by Crippen LogP contribution is 2.08. The summed E-state index contributed by atoms with van der Waals surface area (Å²) in [6.45, 7) is 2.54. The van der Waals surface area contributed by atoms with Crippen LogP contribution in [-0.4, -0.2) is 15.2 Å². The molecule has 0 saturated carbocycles. The molecule has 0 radical (unpaired) electrons. The van der Waals surface area contributed by atoms with Crippen molar-refractivity contribution < 1.29 is 0 Å². The first-order valence-corrected chi connectivity index (χ1v) is 4.68. The van der Waals surface area contributed by atoms with E-state index in [1.54, 1.807) is 0 Å². The van der Waals surface area contributed by atoms with Crippen LogP contribution in [0.2, 0.25) is 0 Å². The van der Waals surface area contributed by atoms with Gasteiger partial charge in [-0.05, 0) is 19.1 Å². The minimum Gasteiger partial charge on any atom is -0.378 e. The van der Waals surface area contributed by atoms with Crippen LogP contribution in [0.3, 0.4) is 0 Å². The predicted octanol–water partition coefficient (Wildman–Crippen LogP) is 1.02. The zero-order valence-corrected chi connectivity index (χ0v) is 8.37. The van der Waals surface area contributed by atoms with Crippen molar-refractivity contribution >= 4 is 5.69 Å². The monoisotopic (exact) mass is 204 g/mol. The second kappa shape index (κ2) is 4.00. The van der Waals surface area contributed by atoms with Crippen LogP contribution in [0.1, 0.15) is 11.4 Å². The second-order valence-corrected chi connectivity index (χ2v) is 3.34. The van der Waals surface area contributed by atoms with Gasteiger partial charge >= 0.3 is 5.69 Å². The Balaban J connectivity index is 1.99. The molecule has 0 fully saturated rings. The van der Waals surface area contributed by atoms with Gasteiger partial charge < -0.3 is 5.32 Å². The van der Waals surface area contributed by atoms with Gasteiger partial charge in [-0.15, -0.1) is 0 Å². The molecule has 0 aliphatic carbocycles. The highest BCUT2D eigenvalue weighted by atomic mass is 16.1. The van der Waals surface area contributed by atoms with Gasteiger partial charge in [0.05, 0.1) is 6.54 Å². The maximum Gasteiger partial charge on any atom is 0.340 e. The van der Waals surface area contributed by atoms with Crippen LogP contribution in [0.25, 0.3) is 0 Å². The van der Waals surface area contributed by atoms with Crippen LogP contribution in [0.5, 0.6) is 0 Å². The molecule has 0 amide bonds. The van der Waals surface area contributed by atoms with Crippen LogP contribution < -0.4 is 11.0 Å². The van der Waals surface area contributed by atoms with E-state index < -0.39 is 0 Å². The van der Waals surface area contributed by atoms with E-state index >= 15 is 0 Å². The van der Waals surface area contributed by atoms with Gasteiger partial charge in [0.25, 0.3) is 0 Å². The first-order valence-electron chi connectivity index (χ1n) is 4.68. The van der Waals surface area contributed by atoms with Gasteiger partial charge in [0.1, 0.15) is 5.82 Å². The van der Waals surface area contributed by atoms with Crippen molar-refractivity contribution in [2.24, 2.45) is 0 Å². The Bertz CT molecular complexity index is 483. The number of H-pyrrole nitrogens is 2. The Morgan fingerprint density at radius 3 is 2.67 bits per heavy atom. The maximum absolute atomic E-state index is 10.7. The molecule has 0 aliphatic heterocycles. The summed E-state index contributed by atoms with van der Waals surface area (Å²) in [4.78, 5) is 13.3. The van der Waals surface area contributed by atoms with Gasteiger partial charge in [-0.3, -0.25) is 4.98 Å². The first-order chi connectivity index (χ1) is 7.24. The SMILES string of the molecule is Cc1ccc(NCc2n[nH]c(=O)[nH]2)cc1. The zero-order valence-electron chi connectivity index (χ0n) is 8.37. The third-order valence-corrected chi connectivity index (χ3v) is 2.06. The molecule has 15 heavy (non-hydrogen) atoms. The third kappa shape index (κ3) is 2.46. The summed E-state index contributed by atoms with van der Waals surface area (Å²) in [5.41, 5.74) is 1.94. The molecule has 0 bridgehead atoms. The molecular weight excluding hydrogens is 192 g/mol. The van der Waals surface area contributed by atoms with Gasteiger partial charge in [-0.25, -0.2) is 9.89 Å². The van der Waals surface area contributed by atoms with Gasteiger partial charge in [-0.2, -0.15) is 5.10 Å². The fourth-order valence-corrected chi connectivity index (χ4v) is 1.25. The van der Waals surface area contributed by atoms with Crippen molar-refractivity contribution in [3.63, 3.8) is 0 Å². The largest absolute Gasteiger partial charge is 0.378 e. The van der Waals surface area contributed by atoms with Crippen molar-refractivity contribution in [1.29, 1.82) is 0 Å². The topological polar surface area (TPSA) is 73.6 Å². The average Bonchev–Trinajstić information content (AvgIpc) is 2.64. The smallest absolute Gasteiger partial charge is 0.340 e. The van der Waals surface area contributed by atoms with Crippen LogP contribution in [0, 0.1) is 6.92 Å². The third-order valence-electron chi connectivity index (χ3n) is 2.06. The van der Waals surface area contributed by atoms with E-state index in [1.165, 1.54) is 5.56 Å². The number of nitrogens with one attached hydrogen (secondary N) is 3. The highest BCUT2D eigenvalue weighted by molar-refractivity contribution is 5.44. The molecule has 2 rings (SSSR count). The quantitative estimate of drug-likeness (QED) is 0.698. The summed E-state index contributed by atoms with van der Waals surface area (Å²) in [7, 11) is 0. The minimum absolute atomic E-state index is 0.282. The summed E-state index contributed by atoms with van der Waals surface area (Å²) in [6, 6.07) is 8.02. The Labute approximate surface area is 86.5 Å². The number of anilines is 1. The Hall–Kier alpha value is -2.04. The van der Waals surface area contributed by atoms with Crippen LogP contribution >= 0.6 is 0 Å². The lowest BCUT2D eigenvalue weighted by molar-refractivity contribution is 0.953. The number of rotatable bonds is 3. The lowest BCUT2D eigenvalue weighted by Crippen LogP contribution is -2.04. The van der Waals surface area contributed by atoms with Crippen LogP contribution in [0.15, 0.2) is 29.1 Å². The fraction of sp³-hybridized carbons (Fsp3) is 0.200. The van der Waals surface area contributed by atoms with Gasteiger partial charge in [0.2, 0.25) is 0 Å². The zero-order chi connectivity index (χ0) is 10.7. The highest BCUT2D eigenvalue weighted by Gasteiger charge is 1.97. The molecule has 1 aromatic carbocycles. The van der Waals surface area contributed by atoms with Crippen molar-refractivity contribution in [1.82, 2.24) is 15.2 Å². The molecule has 0 spiro atoms. The van der Waals surface area contributed by atoms with Crippen molar-refractivity contribution in [2.75, 3.05) is 5.32 Å². The summed E-state index contributed by atoms with van der Waals surface area (Å²) in [6.07, 6.45) is 0. The second-order valence-electron chi connectivity index (χ2n) is 3.34. The molecule has 0 saturated heterocycles. The Kier molecular flexibility index (Phi) is 2.53. The molecule has 78 valence electrons. The molecule has 0 atom stereocenters. The standard InChI is InChI=1S/C10H12N4O/c1-7-2-4-8(5-3-7)11-6-9-12-10(15)14-13-9/h2-5,11H,6H2,1H3,(H2,12,13,14,15). The van der Waals surface area contributed by atoms with E-state index in [-0.39, 0.29) is 5.69 Å². The summed E-state index contributed by atoms with van der Waals surface area (Å²) < 4.78 is 0. The normalized spacial score (nSPS) is 10.2. The van der Waals surface area contributed by atoms with E-state index in [1.807, 2.05) is 31.2 Å². The first kappa shape index (κ1) is 9.51. The van der Waals surface area contributed by atoms with E-state index in [9.17, 15) is 4.79 Å². The molecule has 2 aromatic rings. The van der Waals surface area contributed by atoms with E-state index in [0.717, 1.165) is 5.69 Å². The molecule has 3 N–H and O–H groups in total. The molecular formula is C10H12N4O. The lowest BCUT2D eigenvalue weighted by Gasteiger charge is -2.03. The average molecular weight is 204 g/mol. The molecule has 5 heteroatoms. The number of aromatic amines is 2. The Morgan fingerprint density at radius 1 is 1.33 bits per heavy atom. The van der Waals surface area contributed by atoms with Crippen molar-refractivity contribution in [2.45, 2.75) is 13.5 Å². The van der Waals surface area contributed by atoms with Crippen molar-refractivity contribution in [3.8, 4) is 0 Å². The van der Waals surface area contributed by atoms with E-state index in [0.29, 0.717) is 12.4 Å². The predicted molar refractivity (Wildman–Crippen MR) is 57.7 cm³/mol. The van der Waals surface area contributed by atoms with Gasteiger partial charge in [0.15, 0.2) is 0 Å². The fourth-order valence-electron chi connectivity index (χ4n) is 1.25. The maximum atomic E-state index is 10.7. The van der Waals surface area contributed by atoms with Gasteiger partial charge in [0, 0.05) is 5.69 Å². The van der Waals surface area contributed by atoms with Crippen LogP contribution in [-0.2, 0) is 6.54 Å². The Morgan fingerprint density at radius 2 is 2.07 bits per heavy atom. The number of benzene rings is 1. The van der Waals surface area contributed by atoms with Gasteiger partial charge in [-0.1, -0.05) is 17.7 Å². The number of aryl methyl sites for hydroxylation is 1. The lowest BCUT2D eigenvalue weighted by atomic mass is 10.2. The molecule has 1 aromatic heterocycles. The number of nitrogens with zero attached hydrogens (tertiary/aromatic N) is 1. The summed E-state index contributed by atoms with van der Waals surface area (Å²) >= 11 is 0. The molecule has 5 nitrogen and oxygen atoms in total. The van der Waals surface area contributed by atoms with E-state index in [4.69, 9.17) is 0 Å². The number of hydrogen-bond acceptors (Lipinski definition) is 3. The molecule has 0 aliphatic rings.